The first-order valence-electron chi connectivity index (χ1n) is 5.26. The maximum atomic E-state index is 5.78. The van der Waals surface area contributed by atoms with E-state index < -0.39 is 0 Å². The standard InChI is InChI=1S/C12H12BrN3S/c1-2-10-15-6-7-16(10)9-5-3-4-8(13)11(9)12(14)17/h3-7H,2H2,1H3,(H2,14,17). The van der Waals surface area contributed by atoms with Crippen molar-refractivity contribution in [1.29, 1.82) is 0 Å². The zero-order chi connectivity index (χ0) is 12.4. The molecule has 2 N–H and O–H groups in total. The second kappa shape index (κ2) is 4.98. The molecule has 0 atom stereocenters. The molecule has 0 amide bonds. The van der Waals surface area contributed by atoms with Crippen molar-refractivity contribution >= 4 is 33.1 Å². The summed E-state index contributed by atoms with van der Waals surface area (Å²) in [7, 11) is 0. The number of nitrogens with two attached hydrogens (primary N) is 1. The maximum absolute atomic E-state index is 5.78. The van der Waals surface area contributed by atoms with Crippen LogP contribution in [0.15, 0.2) is 35.1 Å². The van der Waals surface area contributed by atoms with Crippen molar-refractivity contribution in [2.24, 2.45) is 5.73 Å². The zero-order valence-electron chi connectivity index (χ0n) is 9.35. The van der Waals surface area contributed by atoms with E-state index in [2.05, 4.69) is 27.8 Å². The van der Waals surface area contributed by atoms with Crippen LogP contribution in [0.2, 0.25) is 0 Å². The van der Waals surface area contributed by atoms with E-state index in [0.717, 1.165) is 28.0 Å². The average Bonchev–Trinajstić information content (AvgIpc) is 2.75. The van der Waals surface area contributed by atoms with E-state index in [0.29, 0.717) is 4.99 Å². The summed E-state index contributed by atoms with van der Waals surface area (Å²) in [4.78, 5) is 4.68. The van der Waals surface area contributed by atoms with Crippen LogP contribution in [-0.4, -0.2) is 14.5 Å². The lowest BCUT2D eigenvalue weighted by Gasteiger charge is -2.13. The summed E-state index contributed by atoms with van der Waals surface area (Å²) in [6, 6.07) is 5.88. The fourth-order valence-electron chi connectivity index (χ4n) is 1.77. The predicted octanol–water partition coefficient (Wildman–Crippen LogP) is 2.83. The third-order valence-electron chi connectivity index (χ3n) is 2.53. The van der Waals surface area contributed by atoms with Crippen molar-refractivity contribution in [1.82, 2.24) is 9.55 Å². The molecule has 0 radical (unpaired) electrons. The lowest BCUT2D eigenvalue weighted by molar-refractivity contribution is 0.889. The van der Waals surface area contributed by atoms with Crippen molar-refractivity contribution < 1.29 is 0 Å². The van der Waals surface area contributed by atoms with E-state index in [-0.39, 0.29) is 0 Å². The molecule has 0 aliphatic heterocycles. The van der Waals surface area contributed by atoms with Gasteiger partial charge in [-0.05, 0) is 28.1 Å². The molecule has 0 fully saturated rings. The van der Waals surface area contributed by atoms with E-state index in [1.54, 1.807) is 6.20 Å². The normalized spacial score (nSPS) is 10.5. The van der Waals surface area contributed by atoms with E-state index in [1.165, 1.54) is 0 Å². The first kappa shape index (κ1) is 12.3. The number of benzene rings is 1. The smallest absolute Gasteiger partial charge is 0.112 e. The topological polar surface area (TPSA) is 43.8 Å². The lowest BCUT2D eigenvalue weighted by Crippen LogP contribution is -2.15. The van der Waals surface area contributed by atoms with Gasteiger partial charge in [0, 0.05) is 28.9 Å². The molecule has 2 rings (SSSR count). The highest BCUT2D eigenvalue weighted by atomic mass is 79.9. The van der Waals surface area contributed by atoms with Crippen LogP contribution in [0.5, 0.6) is 0 Å². The SMILES string of the molecule is CCc1nccn1-c1cccc(Br)c1C(N)=S. The molecule has 88 valence electrons. The number of thiocarbonyl (C=S) groups is 1. The van der Waals surface area contributed by atoms with Gasteiger partial charge in [-0.15, -0.1) is 0 Å². The summed E-state index contributed by atoms with van der Waals surface area (Å²) >= 11 is 8.58. The van der Waals surface area contributed by atoms with Gasteiger partial charge in [0.05, 0.1) is 5.69 Å². The Balaban J connectivity index is 2.67. The molecule has 0 saturated carbocycles. The molecular weight excluding hydrogens is 298 g/mol. The van der Waals surface area contributed by atoms with Gasteiger partial charge in [0.25, 0.3) is 0 Å². The number of rotatable bonds is 3. The van der Waals surface area contributed by atoms with Crippen molar-refractivity contribution in [3.05, 3.63) is 46.5 Å². The molecule has 0 saturated heterocycles. The molecule has 17 heavy (non-hydrogen) atoms. The van der Waals surface area contributed by atoms with Gasteiger partial charge >= 0.3 is 0 Å². The minimum absolute atomic E-state index is 0.378. The number of halogens is 1. The first-order chi connectivity index (χ1) is 8.15. The van der Waals surface area contributed by atoms with Crippen LogP contribution in [0, 0.1) is 0 Å². The zero-order valence-corrected chi connectivity index (χ0v) is 11.8. The minimum Gasteiger partial charge on any atom is -0.389 e. The summed E-state index contributed by atoms with van der Waals surface area (Å²) < 4.78 is 2.91. The quantitative estimate of drug-likeness (QED) is 0.887. The molecule has 3 nitrogen and oxygen atoms in total. The van der Waals surface area contributed by atoms with Crippen LogP contribution < -0.4 is 5.73 Å². The summed E-state index contributed by atoms with van der Waals surface area (Å²) in [6.07, 6.45) is 4.56. The Kier molecular flexibility index (Phi) is 3.59. The van der Waals surface area contributed by atoms with Crippen molar-refractivity contribution in [2.45, 2.75) is 13.3 Å². The molecule has 1 aromatic carbocycles. The lowest BCUT2D eigenvalue weighted by atomic mass is 10.1. The van der Waals surface area contributed by atoms with Gasteiger partial charge in [0.2, 0.25) is 0 Å². The Morgan fingerprint density at radius 1 is 1.53 bits per heavy atom. The van der Waals surface area contributed by atoms with Gasteiger partial charge in [0.1, 0.15) is 10.8 Å². The van der Waals surface area contributed by atoms with Crippen molar-refractivity contribution in [2.75, 3.05) is 0 Å². The Morgan fingerprint density at radius 3 is 2.94 bits per heavy atom. The van der Waals surface area contributed by atoms with Crippen molar-refractivity contribution in [3.63, 3.8) is 0 Å². The number of aryl methyl sites for hydroxylation is 1. The summed E-state index contributed by atoms with van der Waals surface area (Å²) in [5.41, 5.74) is 7.58. The molecule has 5 heteroatoms. The highest BCUT2D eigenvalue weighted by Gasteiger charge is 2.12. The summed E-state index contributed by atoms with van der Waals surface area (Å²) in [5.74, 6) is 0.987. The van der Waals surface area contributed by atoms with E-state index >= 15 is 0 Å². The second-order valence-electron chi connectivity index (χ2n) is 3.57. The number of imidazole rings is 1. The Bertz CT molecular complexity index is 563. The van der Waals surface area contributed by atoms with Crippen LogP contribution in [0.3, 0.4) is 0 Å². The predicted molar refractivity (Wildman–Crippen MR) is 76.5 cm³/mol. The van der Waals surface area contributed by atoms with Crippen LogP contribution in [0.4, 0.5) is 0 Å². The Hall–Kier alpha value is -1.20. The van der Waals surface area contributed by atoms with Crippen LogP contribution in [0.1, 0.15) is 18.3 Å². The Morgan fingerprint density at radius 2 is 2.29 bits per heavy atom. The highest BCUT2D eigenvalue weighted by Crippen LogP contribution is 2.24. The molecule has 0 aliphatic rings. The molecule has 1 aromatic heterocycles. The molecular formula is C12H12BrN3S. The molecule has 0 bridgehead atoms. The van der Waals surface area contributed by atoms with E-state index in [1.807, 2.05) is 29.0 Å². The van der Waals surface area contributed by atoms with Crippen molar-refractivity contribution in [3.8, 4) is 5.69 Å². The Labute approximate surface area is 114 Å². The molecule has 2 aromatic rings. The third kappa shape index (κ3) is 2.25. The van der Waals surface area contributed by atoms with Gasteiger partial charge in [-0.25, -0.2) is 4.98 Å². The summed E-state index contributed by atoms with van der Waals surface area (Å²) in [5, 5.41) is 0. The van der Waals surface area contributed by atoms with Gasteiger partial charge in [-0.2, -0.15) is 0 Å². The second-order valence-corrected chi connectivity index (χ2v) is 4.86. The van der Waals surface area contributed by atoms with Gasteiger partial charge in [-0.3, -0.25) is 0 Å². The number of aromatic nitrogens is 2. The molecule has 0 spiro atoms. The number of hydrogen-bond acceptors (Lipinski definition) is 2. The van der Waals surface area contributed by atoms with Gasteiger partial charge < -0.3 is 10.3 Å². The highest BCUT2D eigenvalue weighted by molar-refractivity contribution is 9.10. The average molecular weight is 310 g/mol. The molecule has 0 unspecified atom stereocenters. The van der Waals surface area contributed by atoms with E-state index in [9.17, 15) is 0 Å². The molecule has 1 heterocycles. The third-order valence-corrected chi connectivity index (χ3v) is 3.40. The van der Waals surface area contributed by atoms with Crippen LogP contribution in [-0.2, 0) is 6.42 Å². The van der Waals surface area contributed by atoms with Crippen LogP contribution in [0.25, 0.3) is 5.69 Å². The molecule has 0 aliphatic carbocycles. The summed E-state index contributed by atoms with van der Waals surface area (Å²) in [6.45, 7) is 2.07. The number of nitrogens with zero attached hydrogens (tertiary/aromatic N) is 2. The number of hydrogen-bond donors (Lipinski definition) is 1. The first-order valence-corrected chi connectivity index (χ1v) is 6.46. The fourth-order valence-corrected chi connectivity index (χ4v) is 2.69. The van der Waals surface area contributed by atoms with E-state index in [4.69, 9.17) is 18.0 Å². The maximum Gasteiger partial charge on any atom is 0.112 e. The monoisotopic (exact) mass is 309 g/mol. The minimum atomic E-state index is 0.378. The van der Waals surface area contributed by atoms with Gasteiger partial charge in [0.15, 0.2) is 0 Å². The largest absolute Gasteiger partial charge is 0.389 e. The van der Waals surface area contributed by atoms with Crippen LogP contribution >= 0.6 is 28.1 Å². The fraction of sp³-hybridized carbons (Fsp3) is 0.167. The van der Waals surface area contributed by atoms with Gasteiger partial charge in [-0.1, -0.05) is 25.2 Å².